The molecule has 0 amide bonds. The van der Waals surface area contributed by atoms with Gasteiger partial charge in [0, 0.05) is 6.61 Å². The molecule has 1 unspecified atom stereocenters. The fourth-order valence-corrected chi connectivity index (χ4v) is 1.69. The van der Waals surface area contributed by atoms with E-state index in [9.17, 15) is 0 Å². The largest absolute Gasteiger partial charge is 0.488 e. The van der Waals surface area contributed by atoms with E-state index in [2.05, 4.69) is 19.1 Å². The second kappa shape index (κ2) is 4.47. The lowest BCUT2D eigenvalue weighted by molar-refractivity contribution is 0.00741. The average molecular weight is 192 g/mol. The van der Waals surface area contributed by atoms with Crippen LogP contribution in [0.1, 0.15) is 18.4 Å². The van der Waals surface area contributed by atoms with Crippen LogP contribution in [0.2, 0.25) is 0 Å². The van der Waals surface area contributed by atoms with Gasteiger partial charge in [0.15, 0.2) is 0 Å². The summed E-state index contributed by atoms with van der Waals surface area (Å²) in [6.45, 7) is 3.69. The van der Waals surface area contributed by atoms with Crippen molar-refractivity contribution in [2.24, 2.45) is 0 Å². The standard InChI is InChI=1S/C12H16O2/c1-10-4-2-5-11(8-10)14-12-6-3-7-13-9-12/h2,4-5,8,12H,3,6-7,9H2,1H3. The third-order valence-electron chi connectivity index (χ3n) is 2.41. The van der Waals surface area contributed by atoms with Gasteiger partial charge in [-0.2, -0.15) is 0 Å². The molecule has 1 fully saturated rings. The number of benzene rings is 1. The van der Waals surface area contributed by atoms with Crippen molar-refractivity contribution in [1.29, 1.82) is 0 Å². The third kappa shape index (κ3) is 2.48. The average Bonchev–Trinajstić information content (AvgIpc) is 2.19. The molecular weight excluding hydrogens is 176 g/mol. The quantitative estimate of drug-likeness (QED) is 0.717. The highest BCUT2D eigenvalue weighted by Crippen LogP contribution is 2.18. The summed E-state index contributed by atoms with van der Waals surface area (Å²) < 4.78 is 11.2. The van der Waals surface area contributed by atoms with Crippen molar-refractivity contribution in [2.45, 2.75) is 25.9 Å². The monoisotopic (exact) mass is 192 g/mol. The maximum absolute atomic E-state index is 5.81. The van der Waals surface area contributed by atoms with Crippen LogP contribution in [-0.2, 0) is 4.74 Å². The molecule has 0 bridgehead atoms. The summed E-state index contributed by atoms with van der Waals surface area (Å²) in [6.07, 6.45) is 2.45. The van der Waals surface area contributed by atoms with Gasteiger partial charge in [-0.3, -0.25) is 0 Å². The molecule has 1 aliphatic heterocycles. The molecule has 2 heteroatoms. The molecule has 2 rings (SSSR count). The number of rotatable bonds is 2. The number of ether oxygens (including phenoxy) is 2. The van der Waals surface area contributed by atoms with Crippen molar-refractivity contribution in [3.05, 3.63) is 29.8 Å². The Bertz CT molecular complexity index is 290. The second-order valence-corrected chi connectivity index (χ2v) is 3.77. The molecule has 1 aromatic rings. The Morgan fingerprint density at radius 1 is 1.43 bits per heavy atom. The summed E-state index contributed by atoms with van der Waals surface area (Å²) in [4.78, 5) is 0. The summed E-state index contributed by atoms with van der Waals surface area (Å²) in [6, 6.07) is 8.16. The van der Waals surface area contributed by atoms with E-state index >= 15 is 0 Å². The molecule has 0 N–H and O–H groups in total. The Kier molecular flexibility index (Phi) is 3.04. The molecular formula is C12H16O2. The van der Waals surface area contributed by atoms with E-state index in [0.717, 1.165) is 31.8 Å². The van der Waals surface area contributed by atoms with Crippen LogP contribution >= 0.6 is 0 Å². The molecule has 76 valence electrons. The fourth-order valence-electron chi connectivity index (χ4n) is 1.69. The Balaban J connectivity index is 1.95. The van der Waals surface area contributed by atoms with Gasteiger partial charge in [0.1, 0.15) is 11.9 Å². The van der Waals surface area contributed by atoms with Crippen LogP contribution in [-0.4, -0.2) is 19.3 Å². The van der Waals surface area contributed by atoms with Crippen LogP contribution in [0.4, 0.5) is 0 Å². The van der Waals surface area contributed by atoms with E-state index in [1.807, 2.05) is 12.1 Å². The van der Waals surface area contributed by atoms with Crippen molar-refractivity contribution in [3.8, 4) is 5.75 Å². The molecule has 0 saturated carbocycles. The predicted octanol–water partition coefficient (Wildman–Crippen LogP) is 2.55. The molecule has 0 aliphatic carbocycles. The van der Waals surface area contributed by atoms with E-state index in [1.54, 1.807) is 0 Å². The van der Waals surface area contributed by atoms with Gasteiger partial charge in [-0.25, -0.2) is 0 Å². The van der Waals surface area contributed by atoms with Crippen LogP contribution in [0.25, 0.3) is 0 Å². The maximum Gasteiger partial charge on any atom is 0.122 e. The molecule has 1 aromatic carbocycles. The summed E-state index contributed by atoms with van der Waals surface area (Å²) in [7, 11) is 0. The third-order valence-corrected chi connectivity index (χ3v) is 2.41. The lowest BCUT2D eigenvalue weighted by atomic mass is 10.1. The van der Waals surface area contributed by atoms with Crippen LogP contribution < -0.4 is 4.74 Å². The first kappa shape index (κ1) is 9.53. The molecule has 1 atom stereocenters. The van der Waals surface area contributed by atoms with Crippen LogP contribution in [0.3, 0.4) is 0 Å². The Morgan fingerprint density at radius 3 is 3.07 bits per heavy atom. The lowest BCUT2D eigenvalue weighted by Crippen LogP contribution is -2.27. The molecule has 2 nitrogen and oxygen atoms in total. The van der Waals surface area contributed by atoms with Crippen molar-refractivity contribution < 1.29 is 9.47 Å². The maximum atomic E-state index is 5.81. The molecule has 1 saturated heterocycles. The van der Waals surface area contributed by atoms with Gasteiger partial charge in [0.2, 0.25) is 0 Å². The van der Waals surface area contributed by atoms with Crippen LogP contribution in [0, 0.1) is 6.92 Å². The minimum Gasteiger partial charge on any atom is -0.488 e. The first-order valence-corrected chi connectivity index (χ1v) is 5.16. The van der Waals surface area contributed by atoms with E-state index in [1.165, 1.54) is 5.56 Å². The van der Waals surface area contributed by atoms with E-state index in [4.69, 9.17) is 9.47 Å². The van der Waals surface area contributed by atoms with Crippen molar-refractivity contribution in [3.63, 3.8) is 0 Å². The second-order valence-electron chi connectivity index (χ2n) is 3.77. The normalized spacial score (nSPS) is 21.9. The minimum atomic E-state index is 0.241. The van der Waals surface area contributed by atoms with Gasteiger partial charge in [0.05, 0.1) is 6.61 Å². The van der Waals surface area contributed by atoms with Crippen LogP contribution in [0.5, 0.6) is 5.75 Å². The first-order chi connectivity index (χ1) is 6.84. The van der Waals surface area contributed by atoms with Crippen molar-refractivity contribution in [2.75, 3.05) is 13.2 Å². The van der Waals surface area contributed by atoms with Gasteiger partial charge in [-0.1, -0.05) is 12.1 Å². The number of hydrogen-bond donors (Lipinski definition) is 0. The van der Waals surface area contributed by atoms with Gasteiger partial charge in [-0.05, 0) is 37.5 Å². The Morgan fingerprint density at radius 2 is 2.36 bits per heavy atom. The molecule has 1 aliphatic rings. The number of aryl methyl sites for hydroxylation is 1. The van der Waals surface area contributed by atoms with Crippen molar-refractivity contribution >= 4 is 0 Å². The molecule has 14 heavy (non-hydrogen) atoms. The van der Waals surface area contributed by atoms with E-state index in [0.29, 0.717) is 0 Å². The SMILES string of the molecule is Cc1cccc(OC2CCCOC2)c1. The highest BCUT2D eigenvalue weighted by molar-refractivity contribution is 5.27. The minimum absolute atomic E-state index is 0.241. The topological polar surface area (TPSA) is 18.5 Å². The summed E-state index contributed by atoms with van der Waals surface area (Å²) >= 11 is 0. The van der Waals surface area contributed by atoms with Gasteiger partial charge >= 0.3 is 0 Å². The summed E-state index contributed by atoms with van der Waals surface area (Å²) in [5.74, 6) is 0.959. The Hall–Kier alpha value is -1.02. The smallest absolute Gasteiger partial charge is 0.122 e. The summed E-state index contributed by atoms with van der Waals surface area (Å²) in [5, 5.41) is 0. The highest BCUT2D eigenvalue weighted by Gasteiger charge is 2.14. The predicted molar refractivity (Wildman–Crippen MR) is 55.6 cm³/mol. The molecule has 0 spiro atoms. The Labute approximate surface area is 84.8 Å². The number of hydrogen-bond acceptors (Lipinski definition) is 2. The molecule has 0 radical (unpaired) electrons. The zero-order valence-corrected chi connectivity index (χ0v) is 8.53. The van der Waals surface area contributed by atoms with E-state index < -0.39 is 0 Å². The van der Waals surface area contributed by atoms with Crippen LogP contribution in [0.15, 0.2) is 24.3 Å². The molecule has 1 heterocycles. The zero-order valence-electron chi connectivity index (χ0n) is 8.53. The lowest BCUT2D eigenvalue weighted by Gasteiger charge is -2.23. The fraction of sp³-hybridized carbons (Fsp3) is 0.500. The molecule has 0 aromatic heterocycles. The zero-order chi connectivity index (χ0) is 9.80. The summed E-state index contributed by atoms with van der Waals surface area (Å²) in [5.41, 5.74) is 1.24. The van der Waals surface area contributed by atoms with Gasteiger partial charge in [0.25, 0.3) is 0 Å². The first-order valence-electron chi connectivity index (χ1n) is 5.16. The van der Waals surface area contributed by atoms with Gasteiger partial charge in [-0.15, -0.1) is 0 Å². The highest BCUT2D eigenvalue weighted by atomic mass is 16.5. The van der Waals surface area contributed by atoms with Crippen molar-refractivity contribution in [1.82, 2.24) is 0 Å². The van der Waals surface area contributed by atoms with Gasteiger partial charge < -0.3 is 9.47 Å². The van der Waals surface area contributed by atoms with E-state index in [-0.39, 0.29) is 6.10 Å².